The van der Waals surface area contributed by atoms with E-state index in [1.54, 1.807) is 18.2 Å². The fraction of sp³-hybridized carbons (Fsp3) is 0.467. The highest BCUT2D eigenvalue weighted by molar-refractivity contribution is 5.55. The molecule has 1 N–H and O–H groups in total. The molecule has 1 unspecified atom stereocenters. The van der Waals surface area contributed by atoms with E-state index in [2.05, 4.69) is 22.0 Å². The lowest BCUT2D eigenvalue weighted by molar-refractivity contribution is -0.0350. The van der Waals surface area contributed by atoms with Crippen LogP contribution in [0.3, 0.4) is 0 Å². The minimum Gasteiger partial charge on any atom is -0.508 e. The Morgan fingerprint density at radius 1 is 1.43 bits per heavy atom. The van der Waals surface area contributed by atoms with E-state index in [0.717, 1.165) is 26.1 Å². The number of hydrogen-bond acceptors (Lipinski definition) is 6. The Bertz CT molecular complexity index is 597. The lowest BCUT2D eigenvalue weighted by Gasteiger charge is -2.30. The molecule has 1 aromatic carbocycles. The van der Waals surface area contributed by atoms with Gasteiger partial charge in [-0.3, -0.25) is 4.90 Å². The molecule has 1 aliphatic rings. The van der Waals surface area contributed by atoms with Crippen molar-refractivity contribution in [3.8, 4) is 17.2 Å². The molecule has 1 saturated heterocycles. The molecule has 0 radical (unpaired) electrons. The first-order valence-corrected chi connectivity index (χ1v) is 7.23. The molecule has 1 atom stereocenters. The van der Waals surface area contributed by atoms with Gasteiger partial charge in [-0.2, -0.15) is 4.98 Å². The Morgan fingerprint density at radius 3 is 3.14 bits per heavy atom. The van der Waals surface area contributed by atoms with E-state index in [0.29, 0.717) is 23.9 Å². The normalized spacial score (nSPS) is 19.8. The van der Waals surface area contributed by atoms with E-state index in [9.17, 15) is 5.11 Å². The van der Waals surface area contributed by atoms with E-state index in [1.165, 1.54) is 0 Å². The second-order valence-corrected chi connectivity index (χ2v) is 5.17. The summed E-state index contributed by atoms with van der Waals surface area (Å²) >= 11 is 0. The van der Waals surface area contributed by atoms with Crippen LogP contribution in [0.5, 0.6) is 5.75 Å². The second-order valence-electron chi connectivity index (χ2n) is 5.17. The summed E-state index contributed by atoms with van der Waals surface area (Å²) in [6, 6.07) is 6.77. The highest BCUT2D eigenvalue weighted by atomic mass is 16.5. The highest BCUT2D eigenvalue weighted by Crippen LogP contribution is 2.25. The van der Waals surface area contributed by atoms with Crippen LogP contribution in [0, 0.1) is 0 Å². The summed E-state index contributed by atoms with van der Waals surface area (Å²) in [6.07, 6.45) is 0.966. The number of ether oxygens (including phenoxy) is 1. The zero-order valence-corrected chi connectivity index (χ0v) is 12.0. The average molecular weight is 289 g/mol. The molecule has 3 rings (SSSR count). The van der Waals surface area contributed by atoms with Gasteiger partial charge in [0.25, 0.3) is 5.89 Å². The lowest BCUT2D eigenvalue weighted by Crippen LogP contribution is -2.39. The summed E-state index contributed by atoms with van der Waals surface area (Å²) in [5.41, 5.74) is 0.704. The van der Waals surface area contributed by atoms with Gasteiger partial charge in [0, 0.05) is 18.7 Å². The van der Waals surface area contributed by atoms with Gasteiger partial charge in [0.1, 0.15) is 11.9 Å². The molecule has 0 amide bonds. The van der Waals surface area contributed by atoms with Gasteiger partial charge < -0.3 is 14.4 Å². The summed E-state index contributed by atoms with van der Waals surface area (Å²) in [5, 5.41) is 13.5. The molecule has 2 aromatic rings. The average Bonchev–Trinajstić information content (AvgIpc) is 2.98. The number of phenols is 1. The van der Waals surface area contributed by atoms with Crippen LogP contribution < -0.4 is 0 Å². The van der Waals surface area contributed by atoms with E-state index in [1.807, 2.05) is 6.07 Å². The van der Waals surface area contributed by atoms with Crippen molar-refractivity contribution in [1.29, 1.82) is 0 Å². The van der Waals surface area contributed by atoms with Gasteiger partial charge in [0.2, 0.25) is 5.82 Å². The van der Waals surface area contributed by atoms with Crippen LogP contribution in [0.2, 0.25) is 0 Å². The maximum atomic E-state index is 9.50. The van der Waals surface area contributed by atoms with Crippen LogP contribution in [0.4, 0.5) is 0 Å². The Hall–Kier alpha value is -1.92. The van der Waals surface area contributed by atoms with Crippen molar-refractivity contribution in [2.75, 3.05) is 26.2 Å². The third-order valence-corrected chi connectivity index (χ3v) is 3.51. The fourth-order valence-electron chi connectivity index (χ4n) is 2.50. The van der Waals surface area contributed by atoms with Gasteiger partial charge >= 0.3 is 0 Å². The molecule has 0 bridgehead atoms. The third kappa shape index (κ3) is 3.22. The van der Waals surface area contributed by atoms with E-state index >= 15 is 0 Å². The smallest absolute Gasteiger partial charge is 0.258 e. The monoisotopic (exact) mass is 289 g/mol. The number of aromatic nitrogens is 2. The summed E-state index contributed by atoms with van der Waals surface area (Å²) < 4.78 is 11.0. The Labute approximate surface area is 123 Å². The largest absolute Gasteiger partial charge is 0.508 e. The van der Waals surface area contributed by atoms with Gasteiger partial charge in [-0.1, -0.05) is 18.1 Å². The van der Waals surface area contributed by atoms with Crippen LogP contribution in [-0.2, 0) is 4.74 Å². The molecular weight excluding hydrogens is 270 g/mol. The van der Waals surface area contributed by atoms with Gasteiger partial charge in [-0.15, -0.1) is 0 Å². The molecular formula is C15H19N3O3. The van der Waals surface area contributed by atoms with Crippen molar-refractivity contribution in [3.05, 3.63) is 30.1 Å². The van der Waals surface area contributed by atoms with E-state index in [4.69, 9.17) is 9.26 Å². The molecule has 21 heavy (non-hydrogen) atoms. The molecule has 112 valence electrons. The minimum absolute atomic E-state index is 0.153. The zero-order valence-electron chi connectivity index (χ0n) is 12.0. The Kier molecular flexibility index (Phi) is 4.17. The van der Waals surface area contributed by atoms with Crippen LogP contribution in [0.1, 0.15) is 25.3 Å². The third-order valence-electron chi connectivity index (χ3n) is 3.51. The standard InChI is InChI=1S/C15H19N3O3/c1-2-6-18-7-8-20-13(10-18)14-16-15(21-17-14)11-4-3-5-12(19)9-11/h3-5,9,13,19H,2,6-8,10H2,1H3. The number of aromatic hydroxyl groups is 1. The first-order chi connectivity index (χ1) is 10.3. The van der Waals surface area contributed by atoms with Gasteiger partial charge in [0.05, 0.1) is 6.61 Å². The number of phenolic OH excluding ortho intramolecular Hbond substituents is 1. The number of benzene rings is 1. The van der Waals surface area contributed by atoms with Crippen molar-refractivity contribution in [2.45, 2.75) is 19.4 Å². The first kappa shape index (κ1) is 14.0. The Morgan fingerprint density at radius 2 is 2.33 bits per heavy atom. The summed E-state index contributed by atoms with van der Waals surface area (Å²) in [7, 11) is 0. The molecule has 1 fully saturated rings. The minimum atomic E-state index is -0.153. The van der Waals surface area contributed by atoms with E-state index in [-0.39, 0.29) is 11.9 Å². The molecule has 1 aromatic heterocycles. The van der Waals surface area contributed by atoms with Gasteiger partial charge in [-0.25, -0.2) is 0 Å². The van der Waals surface area contributed by atoms with Crippen LogP contribution in [-0.4, -0.2) is 46.4 Å². The number of hydrogen-bond donors (Lipinski definition) is 1. The maximum Gasteiger partial charge on any atom is 0.258 e. The van der Waals surface area contributed by atoms with E-state index < -0.39 is 0 Å². The predicted octanol–water partition coefficient (Wildman–Crippen LogP) is 2.23. The van der Waals surface area contributed by atoms with Crippen molar-refractivity contribution in [2.24, 2.45) is 0 Å². The number of nitrogens with zero attached hydrogens (tertiary/aromatic N) is 3. The molecule has 6 heteroatoms. The van der Waals surface area contributed by atoms with Crippen molar-refractivity contribution in [1.82, 2.24) is 15.0 Å². The number of morpholine rings is 1. The van der Waals surface area contributed by atoms with Crippen molar-refractivity contribution >= 4 is 0 Å². The first-order valence-electron chi connectivity index (χ1n) is 7.23. The maximum absolute atomic E-state index is 9.50. The quantitative estimate of drug-likeness (QED) is 0.930. The second kappa shape index (κ2) is 6.24. The van der Waals surface area contributed by atoms with Gasteiger partial charge in [-0.05, 0) is 31.2 Å². The summed E-state index contributed by atoms with van der Waals surface area (Å²) in [5.74, 6) is 1.14. The molecule has 0 spiro atoms. The molecule has 0 aliphatic carbocycles. The van der Waals surface area contributed by atoms with Crippen LogP contribution in [0.15, 0.2) is 28.8 Å². The predicted molar refractivity (Wildman–Crippen MR) is 76.8 cm³/mol. The SMILES string of the molecule is CCCN1CCOC(c2noc(-c3cccc(O)c3)n2)C1. The summed E-state index contributed by atoms with van der Waals surface area (Å²) in [6.45, 7) is 5.63. The van der Waals surface area contributed by atoms with Crippen molar-refractivity contribution < 1.29 is 14.4 Å². The summed E-state index contributed by atoms with van der Waals surface area (Å²) in [4.78, 5) is 6.75. The van der Waals surface area contributed by atoms with Crippen LogP contribution in [0.25, 0.3) is 11.5 Å². The van der Waals surface area contributed by atoms with Crippen LogP contribution >= 0.6 is 0 Å². The molecule has 1 aliphatic heterocycles. The molecule has 6 nitrogen and oxygen atoms in total. The van der Waals surface area contributed by atoms with Crippen molar-refractivity contribution in [3.63, 3.8) is 0 Å². The zero-order chi connectivity index (χ0) is 14.7. The molecule has 0 saturated carbocycles. The Balaban J connectivity index is 1.75. The topological polar surface area (TPSA) is 71.6 Å². The lowest BCUT2D eigenvalue weighted by atomic mass is 10.2. The molecule has 2 heterocycles. The number of rotatable bonds is 4. The van der Waals surface area contributed by atoms with Gasteiger partial charge in [0.15, 0.2) is 0 Å². The highest BCUT2D eigenvalue weighted by Gasteiger charge is 2.26. The fourth-order valence-corrected chi connectivity index (χ4v) is 2.50.